The maximum absolute atomic E-state index is 9.50. The zero-order valence-electron chi connectivity index (χ0n) is 13.6. The second-order valence-electron chi connectivity index (χ2n) is 5.49. The van der Waals surface area contributed by atoms with Crippen LogP contribution in [0.4, 0.5) is 0 Å². The molecular weight excluding hydrogens is 453 g/mol. The molecule has 0 saturated heterocycles. The molecule has 0 radical (unpaired) electrons. The van der Waals surface area contributed by atoms with Gasteiger partial charge in [0, 0.05) is 15.5 Å². The number of rotatable bonds is 4. The molecule has 0 N–H and O–H groups in total. The van der Waals surface area contributed by atoms with Crippen LogP contribution < -0.4 is 0 Å². The predicted molar refractivity (Wildman–Crippen MR) is 112 cm³/mol. The fourth-order valence-electron chi connectivity index (χ4n) is 2.24. The molecule has 0 fully saturated rings. The molecule has 0 atom stereocenters. The number of nitriles is 1. The molecule has 0 aliphatic carbocycles. The van der Waals surface area contributed by atoms with Crippen LogP contribution in [0.2, 0.25) is 10.0 Å². The van der Waals surface area contributed by atoms with E-state index in [2.05, 4.69) is 34.1 Å². The zero-order valence-corrected chi connectivity index (χ0v) is 17.5. The Hall–Kier alpha value is -1.64. The Kier molecular flexibility index (Phi) is 6.16. The molecule has 0 aliphatic heterocycles. The van der Waals surface area contributed by atoms with E-state index in [1.807, 2.05) is 25.1 Å². The summed E-state index contributed by atoms with van der Waals surface area (Å²) in [7, 11) is 0. The normalized spacial score (nSPS) is 11.4. The minimum absolute atomic E-state index is 0.403. The third kappa shape index (κ3) is 4.55. The summed E-state index contributed by atoms with van der Waals surface area (Å²) in [5.41, 5.74) is 2.22. The fourth-order valence-corrected chi connectivity index (χ4v) is 4.08. The topological polar surface area (TPSA) is 36.9 Å². The molecule has 130 valence electrons. The molecule has 3 rings (SSSR count). The molecule has 0 amide bonds. The Balaban J connectivity index is 1.90. The van der Waals surface area contributed by atoms with Gasteiger partial charge in [0.2, 0.25) is 0 Å². The molecule has 0 spiro atoms. The Labute approximate surface area is 174 Å². The molecule has 3 aromatic rings. The Morgan fingerprint density at radius 1 is 1.15 bits per heavy atom. The van der Waals surface area contributed by atoms with Crippen LogP contribution in [0.5, 0.6) is 0 Å². The second-order valence-corrected chi connectivity index (χ2v) is 8.24. The van der Waals surface area contributed by atoms with E-state index in [0.29, 0.717) is 26.9 Å². The number of aryl methyl sites for hydroxylation is 1. The van der Waals surface area contributed by atoms with Gasteiger partial charge in [0.15, 0.2) is 5.09 Å². The van der Waals surface area contributed by atoms with Crippen LogP contribution in [0.1, 0.15) is 16.9 Å². The predicted octanol–water partition coefficient (Wildman–Crippen LogP) is 7.87. The second kappa shape index (κ2) is 8.37. The first kappa shape index (κ1) is 19.1. The summed E-state index contributed by atoms with van der Waals surface area (Å²) in [6, 6.07) is 17.2. The number of halogens is 3. The monoisotopic (exact) mass is 463 g/mol. The molecule has 6 heteroatoms. The lowest BCUT2D eigenvalue weighted by atomic mass is 10.1. The van der Waals surface area contributed by atoms with Crippen molar-refractivity contribution in [3.63, 3.8) is 0 Å². The van der Waals surface area contributed by atoms with Gasteiger partial charge in [-0.3, -0.25) is 0 Å². The van der Waals surface area contributed by atoms with Crippen molar-refractivity contribution in [2.45, 2.75) is 16.9 Å². The minimum atomic E-state index is 0.403. The van der Waals surface area contributed by atoms with E-state index >= 15 is 0 Å². The summed E-state index contributed by atoms with van der Waals surface area (Å²) in [5, 5.41) is 11.2. The van der Waals surface area contributed by atoms with Crippen LogP contribution in [-0.2, 0) is 0 Å². The number of hydrogen-bond donors (Lipinski definition) is 0. The van der Waals surface area contributed by atoms with Gasteiger partial charge in [-0.25, -0.2) is 0 Å². The third-order valence-electron chi connectivity index (χ3n) is 3.53. The molecule has 0 aliphatic rings. The number of allylic oxidation sites excluding steroid dienone is 1. The fraction of sp³-hybridized carbons (Fsp3) is 0.0500. The van der Waals surface area contributed by atoms with Gasteiger partial charge in [-0.15, -0.1) is 0 Å². The van der Waals surface area contributed by atoms with Crippen molar-refractivity contribution in [2.75, 3.05) is 0 Å². The summed E-state index contributed by atoms with van der Waals surface area (Å²) in [6.07, 6.45) is 1.67. The van der Waals surface area contributed by atoms with Crippen molar-refractivity contribution >= 4 is 62.5 Å². The van der Waals surface area contributed by atoms with E-state index in [-0.39, 0.29) is 0 Å². The lowest BCUT2D eigenvalue weighted by Gasteiger charge is -2.02. The van der Waals surface area contributed by atoms with Gasteiger partial charge in [0.05, 0.1) is 21.1 Å². The van der Waals surface area contributed by atoms with Gasteiger partial charge in [0.25, 0.3) is 0 Å². The first-order valence-electron chi connectivity index (χ1n) is 7.57. The molecule has 1 aromatic heterocycles. The van der Waals surface area contributed by atoms with Gasteiger partial charge in [0.1, 0.15) is 5.76 Å². The maximum atomic E-state index is 9.50. The Bertz CT molecular complexity index is 1020. The quantitative estimate of drug-likeness (QED) is 0.368. The number of benzene rings is 2. The van der Waals surface area contributed by atoms with Crippen molar-refractivity contribution in [3.8, 4) is 6.07 Å². The Morgan fingerprint density at radius 3 is 2.54 bits per heavy atom. The van der Waals surface area contributed by atoms with Crippen molar-refractivity contribution in [1.29, 1.82) is 5.26 Å². The summed E-state index contributed by atoms with van der Waals surface area (Å²) in [5.74, 6) is 0.564. The van der Waals surface area contributed by atoms with E-state index in [9.17, 15) is 5.26 Å². The average Bonchev–Trinajstić information content (AvgIpc) is 2.94. The van der Waals surface area contributed by atoms with Crippen molar-refractivity contribution < 1.29 is 4.42 Å². The van der Waals surface area contributed by atoms with Crippen LogP contribution in [0, 0.1) is 18.3 Å². The molecule has 0 bridgehead atoms. The van der Waals surface area contributed by atoms with Crippen LogP contribution in [-0.4, -0.2) is 0 Å². The van der Waals surface area contributed by atoms with Crippen molar-refractivity contribution in [3.05, 3.63) is 79.9 Å². The lowest BCUT2D eigenvalue weighted by Crippen LogP contribution is -1.83. The summed E-state index contributed by atoms with van der Waals surface area (Å²) in [6.45, 7) is 2.05. The summed E-state index contributed by atoms with van der Waals surface area (Å²) in [4.78, 5) is 1.07. The van der Waals surface area contributed by atoms with Crippen molar-refractivity contribution in [1.82, 2.24) is 0 Å². The van der Waals surface area contributed by atoms with Gasteiger partial charge >= 0.3 is 0 Å². The average molecular weight is 465 g/mol. The van der Waals surface area contributed by atoms with Gasteiger partial charge in [-0.2, -0.15) is 5.26 Å². The molecule has 1 heterocycles. The van der Waals surface area contributed by atoms with E-state index in [0.717, 1.165) is 14.5 Å². The van der Waals surface area contributed by atoms with Crippen LogP contribution in [0.15, 0.2) is 67.4 Å². The minimum Gasteiger partial charge on any atom is -0.449 e. The standard InChI is InChI=1S/C20H12BrCl2NOS/c1-12-2-5-16(6-3-12)26-20-18(21)10-15(25-20)8-13(11-24)17-7-4-14(22)9-19(17)23/h2-10H,1H3/b13-8-. The van der Waals surface area contributed by atoms with E-state index in [4.69, 9.17) is 27.6 Å². The Morgan fingerprint density at radius 2 is 1.88 bits per heavy atom. The first-order chi connectivity index (χ1) is 12.5. The van der Waals surface area contributed by atoms with Crippen LogP contribution in [0.25, 0.3) is 11.6 Å². The first-order valence-corrected chi connectivity index (χ1v) is 9.94. The van der Waals surface area contributed by atoms with E-state index in [1.165, 1.54) is 17.3 Å². The largest absolute Gasteiger partial charge is 0.449 e. The molecule has 2 nitrogen and oxygen atoms in total. The number of hydrogen-bond acceptors (Lipinski definition) is 3. The molecule has 26 heavy (non-hydrogen) atoms. The number of furan rings is 1. The lowest BCUT2D eigenvalue weighted by molar-refractivity contribution is 0.463. The molecule has 0 saturated carbocycles. The number of nitrogens with zero attached hydrogens (tertiary/aromatic N) is 1. The molecule has 0 unspecified atom stereocenters. The van der Waals surface area contributed by atoms with E-state index < -0.39 is 0 Å². The highest BCUT2D eigenvalue weighted by Gasteiger charge is 2.12. The highest BCUT2D eigenvalue weighted by atomic mass is 79.9. The van der Waals surface area contributed by atoms with Crippen LogP contribution in [0.3, 0.4) is 0 Å². The smallest absolute Gasteiger partial charge is 0.179 e. The SMILES string of the molecule is Cc1ccc(Sc2oc(/C=C(/C#N)c3ccc(Cl)cc3Cl)cc2Br)cc1. The van der Waals surface area contributed by atoms with Crippen LogP contribution >= 0.6 is 50.9 Å². The highest BCUT2D eigenvalue weighted by molar-refractivity contribution is 9.10. The van der Waals surface area contributed by atoms with Gasteiger partial charge < -0.3 is 4.42 Å². The molecule has 2 aromatic carbocycles. The molecular formula is C20H12BrCl2NOS. The van der Waals surface area contributed by atoms with Crippen molar-refractivity contribution in [2.24, 2.45) is 0 Å². The highest BCUT2D eigenvalue weighted by Crippen LogP contribution is 2.37. The zero-order chi connectivity index (χ0) is 18.7. The van der Waals surface area contributed by atoms with E-state index in [1.54, 1.807) is 24.3 Å². The maximum Gasteiger partial charge on any atom is 0.179 e. The third-order valence-corrected chi connectivity index (χ3v) is 5.93. The summed E-state index contributed by atoms with van der Waals surface area (Å²) < 4.78 is 6.71. The summed E-state index contributed by atoms with van der Waals surface area (Å²) >= 11 is 17.1. The van der Waals surface area contributed by atoms with Gasteiger partial charge in [-0.1, -0.05) is 58.7 Å². The van der Waals surface area contributed by atoms with Gasteiger partial charge in [-0.05, 0) is 59.3 Å².